The lowest BCUT2D eigenvalue weighted by Gasteiger charge is -2.04. The Morgan fingerprint density at radius 2 is 2.10 bits per heavy atom. The zero-order valence-electron chi connectivity index (χ0n) is 10.5. The normalized spacial score (nSPS) is 10.9. The second kappa shape index (κ2) is 6.90. The van der Waals surface area contributed by atoms with Crippen LogP contribution < -0.4 is 5.32 Å². The number of benzene rings is 1. The van der Waals surface area contributed by atoms with Gasteiger partial charge in [0.2, 0.25) is 0 Å². The molecule has 1 heterocycles. The molecule has 1 N–H and O–H groups in total. The lowest BCUT2D eigenvalue weighted by molar-refractivity contribution is -0.117. The Hall–Kier alpha value is -2.09. The van der Waals surface area contributed by atoms with Gasteiger partial charge in [0.1, 0.15) is 11.6 Å². The maximum Gasteiger partial charge on any atom is 0.262 e. The molecule has 2 rings (SSSR count). The molecule has 1 amide bonds. The fourth-order valence-corrected chi connectivity index (χ4v) is 2.33. The summed E-state index contributed by atoms with van der Waals surface area (Å²) in [4.78, 5) is 12.8. The van der Waals surface area contributed by atoms with E-state index < -0.39 is 0 Å². The van der Waals surface area contributed by atoms with Crippen LogP contribution in [0.2, 0.25) is 5.02 Å². The van der Waals surface area contributed by atoms with E-state index in [1.807, 2.05) is 35.7 Å². The van der Waals surface area contributed by atoms with Crippen LogP contribution in [-0.4, -0.2) is 5.91 Å². The van der Waals surface area contributed by atoms with Crippen molar-refractivity contribution in [2.75, 3.05) is 0 Å². The van der Waals surface area contributed by atoms with E-state index in [2.05, 4.69) is 5.32 Å². The minimum absolute atomic E-state index is 0.0985. The van der Waals surface area contributed by atoms with Gasteiger partial charge in [-0.15, -0.1) is 11.3 Å². The molecule has 0 bridgehead atoms. The summed E-state index contributed by atoms with van der Waals surface area (Å²) in [7, 11) is 0. The minimum atomic E-state index is -0.379. The lowest BCUT2D eigenvalue weighted by Crippen LogP contribution is -2.23. The van der Waals surface area contributed by atoms with E-state index >= 15 is 0 Å². The first-order valence-corrected chi connectivity index (χ1v) is 7.13. The summed E-state index contributed by atoms with van der Waals surface area (Å²) in [6.07, 6.45) is 1.59. The number of rotatable bonds is 4. The number of nitrogens with one attached hydrogen (secondary N) is 1. The molecule has 5 heteroatoms. The summed E-state index contributed by atoms with van der Waals surface area (Å²) >= 11 is 7.27. The molecule has 2 aromatic rings. The molecule has 3 nitrogen and oxygen atoms in total. The zero-order valence-corrected chi connectivity index (χ0v) is 12.0. The Bertz CT molecular complexity index is 654. The molecule has 1 aromatic heterocycles. The SMILES string of the molecule is N#CC(=Cc1cccs1)C(=O)NCc1ccc(Cl)cc1. The molecule has 0 saturated carbocycles. The van der Waals surface area contributed by atoms with Gasteiger partial charge in [-0.2, -0.15) is 5.26 Å². The fraction of sp³-hybridized carbons (Fsp3) is 0.0667. The number of hydrogen-bond donors (Lipinski definition) is 1. The smallest absolute Gasteiger partial charge is 0.262 e. The maximum atomic E-state index is 11.9. The number of amides is 1. The van der Waals surface area contributed by atoms with Gasteiger partial charge >= 0.3 is 0 Å². The number of nitriles is 1. The van der Waals surface area contributed by atoms with Gasteiger partial charge in [0.25, 0.3) is 5.91 Å². The highest BCUT2D eigenvalue weighted by Gasteiger charge is 2.08. The number of thiophene rings is 1. The average Bonchev–Trinajstić information content (AvgIpc) is 2.97. The monoisotopic (exact) mass is 302 g/mol. The first-order valence-electron chi connectivity index (χ1n) is 5.87. The lowest BCUT2D eigenvalue weighted by atomic mass is 10.2. The second-order valence-electron chi connectivity index (χ2n) is 3.99. The first-order chi connectivity index (χ1) is 9.69. The van der Waals surface area contributed by atoms with E-state index in [0.717, 1.165) is 10.4 Å². The van der Waals surface area contributed by atoms with Crippen LogP contribution in [-0.2, 0) is 11.3 Å². The topological polar surface area (TPSA) is 52.9 Å². The number of carbonyl (C=O) groups is 1. The van der Waals surface area contributed by atoms with Crippen LogP contribution in [0, 0.1) is 11.3 Å². The highest BCUT2D eigenvalue weighted by molar-refractivity contribution is 7.10. The molecule has 1 aromatic carbocycles. The van der Waals surface area contributed by atoms with Gasteiger partial charge in [-0.25, -0.2) is 0 Å². The van der Waals surface area contributed by atoms with Crippen LogP contribution in [0.3, 0.4) is 0 Å². The van der Waals surface area contributed by atoms with Crippen LogP contribution in [0.15, 0.2) is 47.4 Å². The largest absolute Gasteiger partial charge is 0.347 e. The molecule has 0 aliphatic rings. The standard InChI is InChI=1S/C15H11ClN2OS/c16-13-5-3-11(4-6-13)10-18-15(19)12(9-17)8-14-2-1-7-20-14/h1-8H,10H2,(H,18,19). The molecule has 0 fully saturated rings. The van der Waals surface area contributed by atoms with Crippen molar-refractivity contribution in [2.24, 2.45) is 0 Å². The molecule has 0 atom stereocenters. The molecule has 0 unspecified atom stereocenters. The molecule has 0 radical (unpaired) electrons. The Labute approximate surface area is 126 Å². The van der Waals surface area contributed by atoms with Crippen molar-refractivity contribution in [1.29, 1.82) is 5.26 Å². The van der Waals surface area contributed by atoms with Crippen molar-refractivity contribution in [3.05, 3.63) is 62.8 Å². The first kappa shape index (κ1) is 14.3. The van der Waals surface area contributed by atoms with Gasteiger partial charge in [0.15, 0.2) is 0 Å². The molecular weight excluding hydrogens is 292 g/mol. The molecule has 0 spiro atoms. The Morgan fingerprint density at radius 1 is 1.35 bits per heavy atom. The average molecular weight is 303 g/mol. The highest BCUT2D eigenvalue weighted by atomic mass is 35.5. The fourth-order valence-electron chi connectivity index (χ4n) is 1.54. The van der Waals surface area contributed by atoms with Crippen LogP contribution in [0.25, 0.3) is 6.08 Å². The minimum Gasteiger partial charge on any atom is -0.347 e. The van der Waals surface area contributed by atoms with Crippen molar-refractivity contribution in [3.63, 3.8) is 0 Å². The van der Waals surface area contributed by atoms with E-state index in [4.69, 9.17) is 16.9 Å². The van der Waals surface area contributed by atoms with Crippen molar-refractivity contribution >= 4 is 34.9 Å². The summed E-state index contributed by atoms with van der Waals surface area (Å²) in [6, 6.07) is 12.8. The molecule has 100 valence electrons. The molecule has 20 heavy (non-hydrogen) atoms. The van der Waals surface area contributed by atoms with Gasteiger partial charge in [-0.3, -0.25) is 4.79 Å². The van der Waals surface area contributed by atoms with Crippen LogP contribution in [0.5, 0.6) is 0 Å². The summed E-state index contributed by atoms with van der Waals surface area (Å²) in [6.45, 7) is 0.361. The van der Waals surface area contributed by atoms with Gasteiger partial charge in [0.05, 0.1) is 0 Å². The van der Waals surface area contributed by atoms with Gasteiger partial charge in [-0.05, 0) is 35.2 Å². The van der Waals surface area contributed by atoms with Crippen LogP contribution in [0.1, 0.15) is 10.4 Å². The Balaban J connectivity index is 2.00. The quantitative estimate of drug-likeness (QED) is 0.692. The highest BCUT2D eigenvalue weighted by Crippen LogP contribution is 2.13. The Morgan fingerprint density at radius 3 is 2.70 bits per heavy atom. The van der Waals surface area contributed by atoms with Gasteiger partial charge in [0, 0.05) is 16.4 Å². The summed E-state index contributed by atoms with van der Waals surface area (Å²) in [5, 5.41) is 14.3. The van der Waals surface area contributed by atoms with E-state index in [1.54, 1.807) is 18.2 Å². The molecule has 0 aliphatic carbocycles. The zero-order chi connectivity index (χ0) is 14.4. The van der Waals surface area contributed by atoms with E-state index in [0.29, 0.717) is 11.6 Å². The summed E-state index contributed by atoms with van der Waals surface area (Å²) in [5.74, 6) is -0.379. The maximum absolute atomic E-state index is 11.9. The van der Waals surface area contributed by atoms with Crippen LogP contribution >= 0.6 is 22.9 Å². The predicted molar refractivity (Wildman–Crippen MR) is 81.2 cm³/mol. The van der Waals surface area contributed by atoms with Crippen molar-refractivity contribution < 1.29 is 4.79 Å². The number of nitrogens with zero attached hydrogens (tertiary/aromatic N) is 1. The number of hydrogen-bond acceptors (Lipinski definition) is 3. The van der Waals surface area contributed by atoms with Crippen molar-refractivity contribution in [2.45, 2.75) is 6.54 Å². The predicted octanol–water partition coefficient (Wildman–Crippen LogP) is 3.62. The summed E-state index contributed by atoms with van der Waals surface area (Å²) < 4.78 is 0. The van der Waals surface area contributed by atoms with E-state index in [-0.39, 0.29) is 11.5 Å². The van der Waals surface area contributed by atoms with Crippen molar-refractivity contribution in [1.82, 2.24) is 5.32 Å². The van der Waals surface area contributed by atoms with Crippen LogP contribution in [0.4, 0.5) is 0 Å². The third-order valence-electron chi connectivity index (χ3n) is 2.56. The van der Waals surface area contributed by atoms with E-state index in [9.17, 15) is 4.79 Å². The van der Waals surface area contributed by atoms with Crippen molar-refractivity contribution in [3.8, 4) is 6.07 Å². The van der Waals surface area contributed by atoms with Gasteiger partial charge < -0.3 is 5.32 Å². The number of halogens is 1. The second-order valence-corrected chi connectivity index (χ2v) is 5.41. The third kappa shape index (κ3) is 3.95. The van der Waals surface area contributed by atoms with Gasteiger partial charge in [-0.1, -0.05) is 29.8 Å². The third-order valence-corrected chi connectivity index (χ3v) is 3.63. The summed E-state index contributed by atoms with van der Waals surface area (Å²) in [5.41, 5.74) is 1.03. The molecular formula is C15H11ClN2OS. The van der Waals surface area contributed by atoms with E-state index in [1.165, 1.54) is 11.3 Å². The molecule has 0 aliphatic heterocycles. The number of carbonyl (C=O) groups excluding carboxylic acids is 1. The Kier molecular flexibility index (Phi) is 4.94. The molecule has 0 saturated heterocycles.